The van der Waals surface area contributed by atoms with Crippen LogP contribution in [0, 0.1) is 11.6 Å². The summed E-state index contributed by atoms with van der Waals surface area (Å²) in [6, 6.07) is 9.51. The molecular formula is C15H13Br2F2N. The molecule has 0 aliphatic heterocycles. The molecule has 0 aromatic heterocycles. The van der Waals surface area contributed by atoms with Crippen molar-refractivity contribution in [3.63, 3.8) is 0 Å². The van der Waals surface area contributed by atoms with Crippen molar-refractivity contribution >= 4 is 31.9 Å². The van der Waals surface area contributed by atoms with E-state index in [0.29, 0.717) is 20.9 Å². The van der Waals surface area contributed by atoms with E-state index in [1.807, 2.05) is 6.07 Å². The maximum absolute atomic E-state index is 13.9. The lowest BCUT2D eigenvalue weighted by Crippen LogP contribution is -2.19. The van der Waals surface area contributed by atoms with Crippen LogP contribution < -0.4 is 5.32 Å². The van der Waals surface area contributed by atoms with Gasteiger partial charge in [0.15, 0.2) is 0 Å². The summed E-state index contributed by atoms with van der Waals surface area (Å²) in [7, 11) is 1.78. The van der Waals surface area contributed by atoms with Gasteiger partial charge in [-0.3, -0.25) is 0 Å². The van der Waals surface area contributed by atoms with Gasteiger partial charge >= 0.3 is 0 Å². The Bertz CT molecular complexity index is 597. The second-order valence-corrected chi connectivity index (χ2v) is 6.32. The van der Waals surface area contributed by atoms with Crippen LogP contribution >= 0.6 is 31.9 Å². The van der Waals surface area contributed by atoms with Crippen LogP contribution in [0.15, 0.2) is 45.3 Å². The first kappa shape index (κ1) is 15.6. The zero-order valence-corrected chi connectivity index (χ0v) is 13.9. The molecule has 106 valence electrons. The Morgan fingerprint density at radius 1 is 1.05 bits per heavy atom. The highest BCUT2D eigenvalue weighted by Crippen LogP contribution is 2.25. The third kappa shape index (κ3) is 3.87. The minimum Gasteiger partial charge on any atom is -0.313 e. The van der Waals surface area contributed by atoms with Crippen molar-refractivity contribution in [2.24, 2.45) is 0 Å². The average molecular weight is 405 g/mol. The van der Waals surface area contributed by atoms with Gasteiger partial charge in [-0.1, -0.05) is 37.9 Å². The van der Waals surface area contributed by atoms with Crippen LogP contribution in [0.2, 0.25) is 0 Å². The summed E-state index contributed by atoms with van der Waals surface area (Å²) in [5.74, 6) is -0.582. The monoisotopic (exact) mass is 403 g/mol. The highest BCUT2D eigenvalue weighted by atomic mass is 79.9. The molecule has 0 bridgehead atoms. The molecule has 0 radical (unpaired) electrons. The number of hydrogen-bond donors (Lipinski definition) is 1. The highest BCUT2D eigenvalue weighted by molar-refractivity contribution is 9.10. The molecule has 0 saturated carbocycles. The Labute approximate surface area is 133 Å². The smallest absolute Gasteiger partial charge is 0.127 e. The fourth-order valence-corrected chi connectivity index (χ4v) is 2.89. The van der Waals surface area contributed by atoms with Gasteiger partial charge in [-0.2, -0.15) is 0 Å². The molecule has 20 heavy (non-hydrogen) atoms. The number of rotatable bonds is 4. The number of likely N-dealkylation sites (N-methyl/N-ethyl adjacent to an activating group) is 1. The Morgan fingerprint density at radius 3 is 2.40 bits per heavy atom. The quantitative estimate of drug-likeness (QED) is 0.756. The van der Waals surface area contributed by atoms with Gasteiger partial charge in [-0.05, 0) is 54.9 Å². The van der Waals surface area contributed by atoms with Crippen molar-refractivity contribution in [3.8, 4) is 0 Å². The molecule has 2 aromatic carbocycles. The number of nitrogens with one attached hydrogen (secondary N) is 1. The van der Waals surface area contributed by atoms with E-state index in [1.54, 1.807) is 19.2 Å². The maximum atomic E-state index is 13.9. The highest BCUT2D eigenvalue weighted by Gasteiger charge is 2.14. The van der Waals surface area contributed by atoms with E-state index < -0.39 is 0 Å². The first-order valence-electron chi connectivity index (χ1n) is 6.07. The van der Waals surface area contributed by atoms with Gasteiger partial charge in [0.05, 0.1) is 0 Å². The molecule has 0 fully saturated rings. The second kappa shape index (κ2) is 6.78. The molecule has 2 aromatic rings. The standard InChI is InChI=1S/C15H13Br2F2N/c1-20-15(10-4-12(17)7-13(18)5-10)6-9-2-3-11(16)8-14(9)19/h2-5,7-8,15,20H,6H2,1H3. The summed E-state index contributed by atoms with van der Waals surface area (Å²) in [6.07, 6.45) is 0.450. The van der Waals surface area contributed by atoms with Crippen LogP contribution in [-0.4, -0.2) is 7.05 Å². The van der Waals surface area contributed by atoms with E-state index in [4.69, 9.17) is 0 Å². The first-order chi connectivity index (χ1) is 9.49. The normalized spacial score (nSPS) is 12.4. The van der Waals surface area contributed by atoms with Crippen LogP contribution in [0.25, 0.3) is 0 Å². The third-order valence-corrected chi connectivity index (χ3v) is 4.03. The molecule has 0 heterocycles. The molecule has 1 nitrogen and oxygen atoms in total. The number of hydrogen-bond acceptors (Lipinski definition) is 1. The predicted octanol–water partition coefficient (Wildman–Crippen LogP) is 4.99. The van der Waals surface area contributed by atoms with Crippen LogP contribution in [0.5, 0.6) is 0 Å². The van der Waals surface area contributed by atoms with Crippen molar-refractivity contribution < 1.29 is 8.78 Å². The topological polar surface area (TPSA) is 12.0 Å². The molecule has 0 spiro atoms. The predicted molar refractivity (Wildman–Crippen MR) is 83.7 cm³/mol. The summed E-state index contributed by atoms with van der Waals surface area (Å²) in [6.45, 7) is 0. The number of halogens is 4. The first-order valence-corrected chi connectivity index (χ1v) is 7.65. The van der Waals surface area contributed by atoms with Gasteiger partial charge in [0, 0.05) is 15.0 Å². The summed E-state index contributed by atoms with van der Waals surface area (Å²) in [4.78, 5) is 0. The second-order valence-electron chi connectivity index (χ2n) is 4.48. The SMILES string of the molecule is CNC(Cc1ccc(Br)cc1F)c1cc(F)cc(Br)c1. The Kier molecular flexibility index (Phi) is 5.29. The van der Waals surface area contributed by atoms with Crippen LogP contribution in [0.4, 0.5) is 8.78 Å². The van der Waals surface area contributed by atoms with Crippen LogP contribution in [-0.2, 0) is 6.42 Å². The van der Waals surface area contributed by atoms with Crippen molar-refractivity contribution in [2.45, 2.75) is 12.5 Å². The number of benzene rings is 2. The van der Waals surface area contributed by atoms with E-state index in [9.17, 15) is 8.78 Å². The van der Waals surface area contributed by atoms with Gasteiger partial charge in [0.2, 0.25) is 0 Å². The van der Waals surface area contributed by atoms with Gasteiger partial charge in [0.25, 0.3) is 0 Å². The summed E-state index contributed by atoms with van der Waals surface area (Å²) >= 11 is 6.50. The van der Waals surface area contributed by atoms with Gasteiger partial charge in [-0.25, -0.2) is 8.78 Å². The average Bonchev–Trinajstić information content (AvgIpc) is 2.36. The summed E-state index contributed by atoms with van der Waals surface area (Å²) in [5.41, 5.74) is 1.37. The molecular weight excluding hydrogens is 392 g/mol. The van der Waals surface area contributed by atoms with E-state index in [1.165, 1.54) is 18.2 Å². The van der Waals surface area contributed by atoms with Crippen molar-refractivity contribution in [2.75, 3.05) is 7.05 Å². The van der Waals surface area contributed by atoms with E-state index in [0.717, 1.165) is 5.56 Å². The Morgan fingerprint density at radius 2 is 1.80 bits per heavy atom. The Balaban J connectivity index is 2.28. The molecule has 0 saturated heterocycles. The minimum atomic E-state index is -0.314. The van der Waals surface area contributed by atoms with Crippen LogP contribution in [0.3, 0.4) is 0 Å². The van der Waals surface area contributed by atoms with Gasteiger partial charge < -0.3 is 5.32 Å². The third-order valence-electron chi connectivity index (χ3n) is 3.07. The Hall–Kier alpha value is -0.780. The van der Waals surface area contributed by atoms with Gasteiger partial charge in [0.1, 0.15) is 11.6 Å². The molecule has 2 rings (SSSR count). The maximum Gasteiger partial charge on any atom is 0.127 e. The van der Waals surface area contributed by atoms with E-state index >= 15 is 0 Å². The molecule has 0 aliphatic rings. The molecule has 5 heteroatoms. The lowest BCUT2D eigenvalue weighted by molar-refractivity contribution is 0.548. The zero-order valence-electron chi connectivity index (χ0n) is 10.8. The molecule has 1 unspecified atom stereocenters. The fraction of sp³-hybridized carbons (Fsp3) is 0.200. The molecule has 0 amide bonds. The van der Waals surface area contributed by atoms with Crippen molar-refractivity contribution in [1.29, 1.82) is 0 Å². The lowest BCUT2D eigenvalue weighted by atomic mass is 9.98. The molecule has 0 aliphatic carbocycles. The van der Waals surface area contributed by atoms with E-state index in [-0.39, 0.29) is 17.7 Å². The minimum absolute atomic E-state index is 0.155. The molecule has 1 atom stereocenters. The largest absolute Gasteiger partial charge is 0.313 e. The zero-order chi connectivity index (χ0) is 14.7. The van der Waals surface area contributed by atoms with Crippen molar-refractivity contribution in [3.05, 3.63) is 68.1 Å². The summed E-state index contributed by atoms with van der Waals surface area (Å²) < 4.78 is 28.7. The lowest BCUT2D eigenvalue weighted by Gasteiger charge is -2.18. The van der Waals surface area contributed by atoms with Crippen LogP contribution in [0.1, 0.15) is 17.2 Å². The molecule has 1 N–H and O–H groups in total. The van der Waals surface area contributed by atoms with Gasteiger partial charge in [-0.15, -0.1) is 0 Å². The fourth-order valence-electron chi connectivity index (χ4n) is 2.07. The summed E-state index contributed by atoms with van der Waals surface area (Å²) in [5, 5.41) is 3.10. The van der Waals surface area contributed by atoms with Crippen molar-refractivity contribution in [1.82, 2.24) is 5.32 Å². The van der Waals surface area contributed by atoms with E-state index in [2.05, 4.69) is 37.2 Å².